The van der Waals surface area contributed by atoms with Gasteiger partial charge in [0.05, 0.1) is 0 Å². The zero-order chi connectivity index (χ0) is 16.7. The monoisotopic (exact) mass is 304 g/mol. The second kappa shape index (κ2) is 5.96. The normalized spacial score (nSPS) is 36.8. The third kappa shape index (κ3) is 2.71. The Morgan fingerprint density at radius 3 is 2.55 bits per heavy atom. The van der Waals surface area contributed by atoms with Crippen molar-refractivity contribution in [3.8, 4) is 0 Å². The third-order valence-corrected chi connectivity index (χ3v) is 6.65. The molecule has 3 unspecified atom stereocenters. The first-order valence-corrected chi connectivity index (χ1v) is 8.69. The fourth-order valence-corrected chi connectivity index (χ4v) is 4.48. The first-order valence-electron chi connectivity index (χ1n) is 8.69. The van der Waals surface area contributed by atoms with Crippen LogP contribution >= 0.6 is 0 Å². The van der Waals surface area contributed by atoms with E-state index in [1.807, 2.05) is 0 Å². The van der Waals surface area contributed by atoms with Crippen LogP contribution < -0.4 is 0 Å². The van der Waals surface area contributed by atoms with Gasteiger partial charge in [-0.15, -0.1) is 0 Å². The van der Waals surface area contributed by atoms with Gasteiger partial charge in [-0.3, -0.25) is 4.79 Å². The maximum absolute atomic E-state index is 12.8. The molecule has 124 valence electrons. The second-order valence-electron chi connectivity index (χ2n) is 8.34. The Labute approximate surface area is 135 Å². The maximum Gasteiger partial charge on any atom is 0.163 e. The molecule has 0 aromatic carbocycles. The number of hydrogen-bond donors (Lipinski definition) is 1. The fourth-order valence-electron chi connectivity index (χ4n) is 4.48. The number of carbonyl (C=O) groups excluding carboxylic acids is 1. The number of Topliss-reactive ketones (excluding diaryl/α,β-unsaturated/α-hetero) is 1. The summed E-state index contributed by atoms with van der Waals surface area (Å²) in [5.41, 5.74) is 3.38. The molecule has 1 fully saturated rings. The standard InChI is InChI=1S/C20H32O2/c1-13(2)14(3)10-16-15(4)20(6)9-7-8-19(5,12-21)18(20)11-17(16)22/h10,13,18,21H,7-9,11-12H2,1-6H3/b14-10+. The van der Waals surface area contributed by atoms with Crippen LogP contribution in [-0.4, -0.2) is 17.5 Å². The smallest absolute Gasteiger partial charge is 0.163 e. The first kappa shape index (κ1) is 17.5. The molecule has 2 heteroatoms. The summed E-state index contributed by atoms with van der Waals surface area (Å²) in [4.78, 5) is 12.8. The molecule has 2 aliphatic rings. The zero-order valence-corrected chi connectivity index (χ0v) is 15.1. The Morgan fingerprint density at radius 2 is 2.00 bits per heavy atom. The van der Waals surface area contributed by atoms with Gasteiger partial charge in [0.1, 0.15) is 0 Å². The molecule has 2 rings (SSSR count). The molecule has 0 aromatic rings. The number of rotatable bonds is 3. The minimum atomic E-state index is -0.119. The molecule has 0 bridgehead atoms. The lowest BCUT2D eigenvalue weighted by molar-refractivity contribution is -0.123. The molecule has 0 aromatic heterocycles. The van der Waals surface area contributed by atoms with E-state index in [4.69, 9.17) is 0 Å². The van der Waals surface area contributed by atoms with Crippen molar-refractivity contribution in [1.29, 1.82) is 0 Å². The Morgan fingerprint density at radius 1 is 1.36 bits per heavy atom. The highest BCUT2D eigenvalue weighted by atomic mass is 16.3. The van der Waals surface area contributed by atoms with E-state index in [9.17, 15) is 9.90 Å². The van der Waals surface area contributed by atoms with Gasteiger partial charge in [0.15, 0.2) is 5.78 Å². The van der Waals surface area contributed by atoms with Gasteiger partial charge in [0.25, 0.3) is 0 Å². The van der Waals surface area contributed by atoms with E-state index < -0.39 is 0 Å². The van der Waals surface area contributed by atoms with Gasteiger partial charge in [0.2, 0.25) is 0 Å². The quantitative estimate of drug-likeness (QED) is 0.821. The van der Waals surface area contributed by atoms with Crippen LogP contribution in [0.4, 0.5) is 0 Å². The van der Waals surface area contributed by atoms with Crippen molar-refractivity contribution in [2.45, 2.75) is 67.2 Å². The number of allylic oxidation sites excluding steroid dienone is 4. The van der Waals surface area contributed by atoms with Crippen molar-refractivity contribution in [2.24, 2.45) is 22.7 Å². The number of carbonyl (C=O) groups is 1. The molecule has 2 aliphatic carbocycles. The molecule has 1 N–H and O–H groups in total. The molecule has 0 heterocycles. The van der Waals surface area contributed by atoms with Crippen LogP contribution in [0.25, 0.3) is 0 Å². The van der Waals surface area contributed by atoms with Crippen LogP contribution in [0.3, 0.4) is 0 Å². The van der Waals surface area contributed by atoms with E-state index >= 15 is 0 Å². The summed E-state index contributed by atoms with van der Waals surface area (Å²) in [6, 6.07) is 0. The maximum atomic E-state index is 12.8. The van der Waals surface area contributed by atoms with Crippen molar-refractivity contribution in [1.82, 2.24) is 0 Å². The van der Waals surface area contributed by atoms with E-state index in [1.54, 1.807) is 0 Å². The van der Waals surface area contributed by atoms with Gasteiger partial charge < -0.3 is 5.11 Å². The predicted octanol–water partition coefficient (Wildman–Crippen LogP) is 4.68. The van der Waals surface area contributed by atoms with Crippen LogP contribution in [0, 0.1) is 22.7 Å². The average molecular weight is 304 g/mol. The molecular formula is C20H32O2. The lowest BCUT2D eigenvalue weighted by Gasteiger charge is -2.54. The SMILES string of the molecule is CC1=C(/C=C(\C)C(C)C)C(=O)CC2C(C)(CO)CCCC12C. The molecule has 0 spiro atoms. The highest BCUT2D eigenvalue weighted by Crippen LogP contribution is 2.58. The Kier molecular flexibility index (Phi) is 4.73. The minimum absolute atomic E-state index is 0.0483. The zero-order valence-electron chi connectivity index (χ0n) is 15.1. The van der Waals surface area contributed by atoms with Crippen molar-refractivity contribution in [3.63, 3.8) is 0 Å². The van der Waals surface area contributed by atoms with E-state index in [2.05, 4.69) is 47.6 Å². The number of fused-ring (bicyclic) bond motifs is 1. The topological polar surface area (TPSA) is 37.3 Å². The molecular weight excluding hydrogens is 272 g/mol. The summed E-state index contributed by atoms with van der Waals surface area (Å²) >= 11 is 0. The molecule has 0 amide bonds. The molecule has 0 saturated heterocycles. The summed E-state index contributed by atoms with van der Waals surface area (Å²) in [6.45, 7) is 13.3. The summed E-state index contributed by atoms with van der Waals surface area (Å²) in [7, 11) is 0. The second-order valence-corrected chi connectivity index (χ2v) is 8.34. The van der Waals surface area contributed by atoms with Gasteiger partial charge in [-0.1, -0.05) is 51.3 Å². The molecule has 1 saturated carbocycles. The molecule has 3 atom stereocenters. The third-order valence-electron chi connectivity index (χ3n) is 6.65. The van der Waals surface area contributed by atoms with Gasteiger partial charge in [-0.05, 0) is 49.4 Å². The largest absolute Gasteiger partial charge is 0.396 e. The predicted molar refractivity (Wildman–Crippen MR) is 91.6 cm³/mol. The van der Waals surface area contributed by atoms with Crippen molar-refractivity contribution < 1.29 is 9.90 Å². The highest BCUT2D eigenvalue weighted by Gasteiger charge is 2.52. The van der Waals surface area contributed by atoms with E-state index in [-0.39, 0.29) is 29.1 Å². The lowest BCUT2D eigenvalue weighted by atomic mass is 9.50. The van der Waals surface area contributed by atoms with Gasteiger partial charge in [-0.2, -0.15) is 0 Å². The van der Waals surface area contributed by atoms with E-state index in [0.717, 1.165) is 24.8 Å². The van der Waals surface area contributed by atoms with Gasteiger partial charge in [0, 0.05) is 18.6 Å². The Hall–Kier alpha value is -0.890. The van der Waals surface area contributed by atoms with Crippen molar-refractivity contribution in [2.75, 3.05) is 6.61 Å². The van der Waals surface area contributed by atoms with Crippen LogP contribution in [0.5, 0.6) is 0 Å². The molecule has 0 radical (unpaired) electrons. The summed E-state index contributed by atoms with van der Waals surface area (Å²) in [5, 5.41) is 9.92. The van der Waals surface area contributed by atoms with Crippen molar-refractivity contribution >= 4 is 5.78 Å². The first-order chi connectivity index (χ1) is 10.2. The lowest BCUT2D eigenvalue weighted by Crippen LogP contribution is -2.49. The summed E-state index contributed by atoms with van der Waals surface area (Å²) in [5.74, 6) is 0.997. The number of ketones is 1. The van der Waals surface area contributed by atoms with Gasteiger partial charge >= 0.3 is 0 Å². The highest BCUT2D eigenvalue weighted by molar-refractivity contribution is 6.00. The van der Waals surface area contributed by atoms with Gasteiger partial charge in [-0.25, -0.2) is 0 Å². The van der Waals surface area contributed by atoms with Crippen LogP contribution in [0.1, 0.15) is 67.2 Å². The number of aliphatic hydroxyl groups excluding tert-OH is 1. The molecule has 2 nitrogen and oxygen atoms in total. The number of hydrogen-bond acceptors (Lipinski definition) is 2. The number of aliphatic hydroxyl groups is 1. The Balaban J connectivity index is 2.52. The fraction of sp³-hybridized carbons (Fsp3) is 0.750. The van der Waals surface area contributed by atoms with Crippen LogP contribution in [0.15, 0.2) is 22.8 Å². The van der Waals surface area contributed by atoms with E-state index in [0.29, 0.717) is 12.3 Å². The molecule has 0 aliphatic heterocycles. The summed E-state index contributed by atoms with van der Waals surface area (Å²) in [6.07, 6.45) is 6.00. The molecule has 22 heavy (non-hydrogen) atoms. The van der Waals surface area contributed by atoms with Crippen LogP contribution in [0.2, 0.25) is 0 Å². The Bertz CT molecular complexity index is 526. The average Bonchev–Trinajstić information content (AvgIpc) is 2.46. The summed E-state index contributed by atoms with van der Waals surface area (Å²) < 4.78 is 0. The van der Waals surface area contributed by atoms with E-state index in [1.165, 1.54) is 11.1 Å². The minimum Gasteiger partial charge on any atom is -0.396 e. The van der Waals surface area contributed by atoms with Crippen molar-refractivity contribution in [3.05, 3.63) is 22.8 Å². The van der Waals surface area contributed by atoms with Crippen LogP contribution in [-0.2, 0) is 4.79 Å².